The normalized spacial score (nSPS) is 19.6. The fourth-order valence-electron chi connectivity index (χ4n) is 2.62. The summed E-state index contributed by atoms with van der Waals surface area (Å²) >= 11 is 0. The van der Waals surface area contributed by atoms with Gasteiger partial charge in [-0.2, -0.15) is 10.1 Å². The average molecular weight is 275 g/mol. The second-order valence-electron chi connectivity index (χ2n) is 5.30. The lowest BCUT2D eigenvalue weighted by atomic mass is 10.2. The van der Waals surface area contributed by atoms with Crippen LogP contribution in [-0.2, 0) is 13.5 Å². The quantitative estimate of drug-likeness (QED) is 0.856. The van der Waals surface area contributed by atoms with Gasteiger partial charge < -0.3 is 10.2 Å². The van der Waals surface area contributed by atoms with E-state index in [4.69, 9.17) is 0 Å². The van der Waals surface area contributed by atoms with E-state index in [2.05, 4.69) is 44.3 Å². The zero-order valence-electron chi connectivity index (χ0n) is 12.2. The van der Waals surface area contributed by atoms with Crippen LogP contribution >= 0.6 is 0 Å². The molecule has 0 aliphatic carbocycles. The minimum atomic E-state index is 0.468. The number of aromatic nitrogens is 5. The number of hydrogen-bond donors (Lipinski definition) is 2. The first-order valence-electron chi connectivity index (χ1n) is 7.11. The summed E-state index contributed by atoms with van der Waals surface area (Å²) < 4.78 is 1.82. The SMILES string of the molecule is CCc1nn(C)cc1-c1nc(N2CCN[C@H](C)C2)n[nH]1. The highest BCUT2D eigenvalue weighted by molar-refractivity contribution is 5.58. The third-order valence-corrected chi connectivity index (χ3v) is 3.62. The minimum absolute atomic E-state index is 0.468. The minimum Gasteiger partial charge on any atom is -0.337 e. The largest absolute Gasteiger partial charge is 0.337 e. The predicted octanol–water partition coefficient (Wildman–Crippen LogP) is 0.566. The van der Waals surface area contributed by atoms with E-state index < -0.39 is 0 Å². The van der Waals surface area contributed by atoms with Crippen molar-refractivity contribution < 1.29 is 0 Å². The predicted molar refractivity (Wildman–Crippen MR) is 77.6 cm³/mol. The molecule has 0 aromatic carbocycles. The molecule has 0 unspecified atom stereocenters. The van der Waals surface area contributed by atoms with Gasteiger partial charge in [0.2, 0.25) is 5.95 Å². The fraction of sp³-hybridized carbons (Fsp3) is 0.615. The zero-order valence-corrected chi connectivity index (χ0v) is 12.2. The van der Waals surface area contributed by atoms with Crippen molar-refractivity contribution >= 4 is 5.95 Å². The maximum absolute atomic E-state index is 4.64. The molecule has 2 N–H and O–H groups in total. The van der Waals surface area contributed by atoms with E-state index in [0.717, 1.165) is 49.1 Å². The first kappa shape index (κ1) is 13.1. The number of aromatic amines is 1. The van der Waals surface area contributed by atoms with E-state index in [-0.39, 0.29) is 0 Å². The Kier molecular flexibility index (Phi) is 3.43. The molecule has 20 heavy (non-hydrogen) atoms. The van der Waals surface area contributed by atoms with Crippen molar-refractivity contribution in [3.05, 3.63) is 11.9 Å². The number of hydrogen-bond acceptors (Lipinski definition) is 5. The molecule has 7 nitrogen and oxygen atoms in total. The molecule has 1 fully saturated rings. The van der Waals surface area contributed by atoms with Gasteiger partial charge in [0.05, 0.1) is 11.3 Å². The number of nitrogens with zero attached hydrogens (tertiary/aromatic N) is 5. The molecule has 0 spiro atoms. The van der Waals surface area contributed by atoms with E-state index in [0.29, 0.717) is 6.04 Å². The Morgan fingerprint density at radius 3 is 3.05 bits per heavy atom. The van der Waals surface area contributed by atoms with Crippen LogP contribution in [0.1, 0.15) is 19.5 Å². The summed E-state index contributed by atoms with van der Waals surface area (Å²) in [4.78, 5) is 6.85. The van der Waals surface area contributed by atoms with Crippen molar-refractivity contribution in [3.8, 4) is 11.4 Å². The van der Waals surface area contributed by atoms with Crippen LogP contribution in [-0.4, -0.2) is 50.6 Å². The Balaban J connectivity index is 1.86. The van der Waals surface area contributed by atoms with Gasteiger partial charge in [-0.3, -0.25) is 9.78 Å². The van der Waals surface area contributed by atoms with Gasteiger partial charge in [0.15, 0.2) is 5.82 Å². The van der Waals surface area contributed by atoms with E-state index >= 15 is 0 Å². The second kappa shape index (κ2) is 5.24. The fourth-order valence-corrected chi connectivity index (χ4v) is 2.62. The van der Waals surface area contributed by atoms with Crippen LogP contribution in [0.25, 0.3) is 11.4 Å². The van der Waals surface area contributed by atoms with Crippen molar-refractivity contribution in [3.63, 3.8) is 0 Å². The zero-order chi connectivity index (χ0) is 14.1. The Morgan fingerprint density at radius 1 is 1.45 bits per heavy atom. The van der Waals surface area contributed by atoms with Crippen molar-refractivity contribution in [2.45, 2.75) is 26.3 Å². The standard InChI is InChI=1S/C13H21N7/c1-4-11-10(8-19(3)18-11)12-15-13(17-16-12)20-6-5-14-9(2)7-20/h8-9,14H,4-7H2,1-3H3,(H,15,16,17)/t9-/m1/s1. The summed E-state index contributed by atoms with van der Waals surface area (Å²) in [5, 5.41) is 15.3. The van der Waals surface area contributed by atoms with Crippen LogP contribution in [0, 0.1) is 0 Å². The van der Waals surface area contributed by atoms with Crippen LogP contribution < -0.4 is 10.2 Å². The lowest BCUT2D eigenvalue weighted by Gasteiger charge is -2.30. The molecule has 7 heteroatoms. The van der Waals surface area contributed by atoms with Crippen molar-refractivity contribution in [2.24, 2.45) is 7.05 Å². The number of piperazine rings is 1. The lowest BCUT2D eigenvalue weighted by molar-refractivity contribution is 0.480. The van der Waals surface area contributed by atoms with Crippen LogP contribution in [0.3, 0.4) is 0 Å². The van der Waals surface area contributed by atoms with Crippen LogP contribution in [0.4, 0.5) is 5.95 Å². The molecule has 3 rings (SSSR count). The van der Waals surface area contributed by atoms with Crippen LogP contribution in [0.5, 0.6) is 0 Å². The third kappa shape index (κ3) is 2.40. The first-order valence-corrected chi connectivity index (χ1v) is 7.11. The summed E-state index contributed by atoms with van der Waals surface area (Å²) in [5.74, 6) is 1.58. The van der Waals surface area contributed by atoms with Gasteiger partial charge in [-0.1, -0.05) is 6.92 Å². The summed E-state index contributed by atoms with van der Waals surface area (Å²) in [6, 6.07) is 0.468. The molecule has 0 saturated carbocycles. The molecule has 2 aromatic rings. The van der Waals surface area contributed by atoms with Gasteiger partial charge in [0.1, 0.15) is 0 Å². The Bertz CT molecular complexity index is 585. The summed E-state index contributed by atoms with van der Waals surface area (Å²) in [7, 11) is 1.93. The van der Waals surface area contributed by atoms with Gasteiger partial charge in [-0.05, 0) is 13.3 Å². The molecule has 108 valence electrons. The highest BCUT2D eigenvalue weighted by Gasteiger charge is 2.20. The molecular formula is C13H21N7. The lowest BCUT2D eigenvalue weighted by Crippen LogP contribution is -2.49. The molecule has 2 aromatic heterocycles. The molecule has 0 bridgehead atoms. The molecule has 0 amide bonds. The van der Waals surface area contributed by atoms with E-state index in [1.54, 1.807) is 0 Å². The summed E-state index contributed by atoms with van der Waals surface area (Å²) in [6.07, 6.45) is 2.88. The molecular weight excluding hydrogens is 254 g/mol. The number of aryl methyl sites for hydroxylation is 2. The van der Waals surface area contributed by atoms with Crippen LogP contribution in [0.15, 0.2) is 6.20 Å². The van der Waals surface area contributed by atoms with Gasteiger partial charge in [-0.15, -0.1) is 5.10 Å². The van der Waals surface area contributed by atoms with Gasteiger partial charge in [-0.25, -0.2) is 0 Å². The van der Waals surface area contributed by atoms with E-state index in [1.807, 2.05) is 17.9 Å². The second-order valence-corrected chi connectivity index (χ2v) is 5.30. The molecule has 1 saturated heterocycles. The van der Waals surface area contributed by atoms with Crippen LogP contribution in [0.2, 0.25) is 0 Å². The Labute approximate surface area is 118 Å². The molecule has 1 aliphatic rings. The molecule has 1 aliphatic heterocycles. The highest BCUT2D eigenvalue weighted by Crippen LogP contribution is 2.21. The van der Waals surface area contributed by atoms with Gasteiger partial charge in [0.25, 0.3) is 0 Å². The van der Waals surface area contributed by atoms with Crippen molar-refractivity contribution in [1.29, 1.82) is 0 Å². The third-order valence-electron chi connectivity index (χ3n) is 3.62. The number of nitrogens with one attached hydrogen (secondary N) is 2. The highest BCUT2D eigenvalue weighted by atomic mass is 15.4. The number of rotatable bonds is 3. The number of H-pyrrole nitrogens is 1. The topological polar surface area (TPSA) is 74.7 Å². The number of anilines is 1. The van der Waals surface area contributed by atoms with E-state index in [9.17, 15) is 0 Å². The molecule has 0 radical (unpaired) electrons. The van der Waals surface area contributed by atoms with Gasteiger partial charge >= 0.3 is 0 Å². The molecule has 1 atom stereocenters. The van der Waals surface area contributed by atoms with Gasteiger partial charge in [0, 0.05) is 38.9 Å². The summed E-state index contributed by atoms with van der Waals surface area (Å²) in [5.41, 5.74) is 2.08. The monoisotopic (exact) mass is 275 g/mol. The maximum atomic E-state index is 4.64. The van der Waals surface area contributed by atoms with E-state index in [1.165, 1.54) is 0 Å². The smallest absolute Gasteiger partial charge is 0.245 e. The molecule has 3 heterocycles. The van der Waals surface area contributed by atoms with Crippen molar-refractivity contribution in [2.75, 3.05) is 24.5 Å². The average Bonchev–Trinajstić information content (AvgIpc) is 3.04. The van der Waals surface area contributed by atoms with Crippen molar-refractivity contribution in [1.82, 2.24) is 30.3 Å². The Morgan fingerprint density at radius 2 is 2.30 bits per heavy atom. The summed E-state index contributed by atoms with van der Waals surface area (Å²) in [6.45, 7) is 7.12. The Hall–Kier alpha value is -1.89. The first-order chi connectivity index (χ1) is 9.67. The maximum Gasteiger partial charge on any atom is 0.245 e.